The lowest BCUT2D eigenvalue weighted by atomic mass is 10.0. The Morgan fingerprint density at radius 1 is 0.862 bits per heavy atom. The van der Waals surface area contributed by atoms with E-state index in [2.05, 4.69) is 15.3 Å². The molecule has 1 amide bonds. The minimum absolute atomic E-state index is 0.186. The zero-order valence-electron chi connectivity index (χ0n) is 15.3. The van der Waals surface area contributed by atoms with Crippen molar-refractivity contribution in [3.63, 3.8) is 0 Å². The highest BCUT2D eigenvalue weighted by Gasteiger charge is 2.11. The smallest absolute Gasteiger partial charge is 0.248 e. The van der Waals surface area contributed by atoms with Crippen LogP contribution in [0.15, 0.2) is 85.1 Å². The van der Waals surface area contributed by atoms with Crippen molar-refractivity contribution in [2.75, 3.05) is 5.32 Å². The average molecular weight is 384 g/mol. The van der Waals surface area contributed by atoms with Crippen LogP contribution < -0.4 is 11.1 Å². The summed E-state index contributed by atoms with van der Waals surface area (Å²) in [5, 5.41) is 2.99. The van der Waals surface area contributed by atoms with Crippen molar-refractivity contribution in [3.8, 4) is 22.4 Å². The largest absolute Gasteiger partial charge is 0.366 e. The Hall–Kier alpha value is -4.06. The highest BCUT2D eigenvalue weighted by Crippen LogP contribution is 2.27. The van der Waals surface area contributed by atoms with Crippen molar-refractivity contribution in [1.29, 1.82) is 0 Å². The van der Waals surface area contributed by atoms with Crippen LogP contribution in [0.5, 0.6) is 0 Å². The van der Waals surface area contributed by atoms with Crippen LogP contribution in [0.2, 0.25) is 0 Å². The molecule has 0 radical (unpaired) electrons. The number of nitrogens with two attached hydrogens (primary N) is 1. The van der Waals surface area contributed by atoms with Crippen LogP contribution in [0.25, 0.3) is 22.4 Å². The van der Waals surface area contributed by atoms with Crippen LogP contribution in [0.3, 0.4) is 0 Å². The predicted octanol–water partition coefficient (Wildman–Crippen LogP) is 4.79. The second kappa shape index (κ2) is 7.90. The van der Waals surface area contributed by atoms with Gasteiger partial charge in [-0.1, -0.05) is 54.6 Å². The van der Waals surface area contributed by atoms with Gasteiger partial charge in [-0.2, -0.15) is 0 Å². The second-order valence-corrected chi connectivity index (χ2v) is 6.41. The lowest BCUT2D eigenvalue weighted by molar-refractivity contribution is 0.100. The predicted molar refractivity (Wildman–Crippen MR) is 111 cm³/mol. The molecule has 0 aliphatic rings. The Balaban J connectivity index is 1.68. The molecule has 0 aliphatic carbocycles. The third-order valence-corrected chi connectivity index (χ3v) is 4.39. The first kappa shape index (κ1) is 18.3. The molecule has 4 rings (SSSR count). The van der Waals surface area contributed by atoms with Crippen LogP contribution in [-0.2, 0) is 0 Å². The first-order chi connectivity index (χ1) is 14.1. The lowest BCUT2D eigenvalue weighted by Gasteiger charge is -2.10. The molecular formula is C23H17FN4O. The van der Waals surface area contributed by atoms with E-state index in [0.29, 0.717) is 16.8 Å². The van der Waals surface area contributed by atoms with Gasteiger partial charge in [0, 0.05) is 16.8 Å². The number of nitrogens with zero attached hydrogens (tertiary/aromatic N) is 2. The van der Waals surface area contributed by atoms with Gasteiger partial charge in [0.25, 0.3) is 0 Å². The van der Waals surface area contributed by atoms with Crippen LogP contribution in [-0.4, -0.2) is 15.9 Å². The van der Waals surface area contributed by atoms with E-state index in [1.54, 1.807) is 30.3 Å². The van der Waals surface area contributed by atoms with Gasteiger partial charge in [-0.3, -0.25) is 4.79 Å². The molecule has 0 bridgehead atoms. The van der Waals surface area contributed by atoms with Gasteiger partial charge >= 0.3 is 0 Å². The van der Waals surface area contributed by atoms with E-state index in [0.717, 1.165) is 17.3 Å². The van der Waals surface area contributed by atoms with E-state index in [4.69, 9.17) is 5.73 Å². The highest BCUT2D eigenvalue weighted by molar-refractivity contribution is 5.93. The number of hydrogen-bond acceptors (Lipinski definition) is 4. The Bertz CT molecular complexity index is 1180. The van der Waals surface area contributed by atoms with Gasteiger partial charge in [0.05, 0.1) is 6.20 Å². The molecule has 1 heterocycles. The van der Waals surface area contributed by atoms with E-state index in [1.165, 1.54) is 0 Å². The third-order valence-electron chi connectivity index (χ3n) is 4.39. The molecule has 1 aromatic heterocycles. The topological polar surface area (TPSA) is 80.9 Å². The number of primary amides is 1. The zero-order chi connectivity index (χ0) is 20.2. The van der Waals surface area contributed by atoms with E-state index in [1.807, 2.05) is 48.5 Å². The minimum atomic E-state index is -0.535. The lowest BCUT2D eigenvalue weighted by Crippen LogP contribution is -2.11. The molecule has 0 saturated heterocycles. The summed E-state index contributed by atoms with van der Waals surface area (Å²) in [4.78, 5) is 19.7. The number of carbonyl (C=O) groups excluding carboxylic acids is 1. The highest BCUT2D eigenvalue weighted by atomic mass is 19.1. The number of benzene rings is 3. The van der Waals surface area contributed by atoms with Gasteiger partial charge in [-0.15, -0.1) is 0 Å². The first-order valence-corrected chi connectivity index (χ1v) is 8.95. The van der Waals surface area contributed by atoms with E-state index in [-0.39, 0.29) is 11.6 Å². The van der Waals surface area contributed by atoms with Crippen LogP contribution in [0.1, 0.15) is 10.4 Å². The maximum Gasteiger partial charge on any atom is 0.248 e. The Morgan fingerprint density at radius 3 is 2.38 bits per heavy atom. The molecule has 0 atom stereocenters. The molecule has 4 aromatic rings. The summed E-state index contributed by atoms with van der Waals surface area (Å²) in [6.45, 7) is 0. The molecular weight excluding hydrogens is 367 g/mol. The number of hydrogen-bond donors (Lipinski definition) is 2. The van der Waals surface area contributed by atoms with Crippen LogP contribution in [0, 0.1) is 5.82 Å². The van der Waals surface area contributed by atoms with Crippen molar-refractivity contribution < 1.29 is 9.18 Å². The zero-order valence-corrected chi connectivity index (χ0v) is 15.3. The standard InChI is InChI=1S/C23H17FN4O/c24-20-14-26-23(27-19-11-5-10-18(13-19)22(25)29)28-21(20)17-9-4-8-16(12-17)15-6-2-1-3-7-15/h1-14H,(H2,25,29)(H,26,27,28). The molecule has 142 valence electrons. The monoisotopic (exact) mass is 384 g/mol. The fraction of sp³-hybridized carbons (Fsp3) is 0. The Labute approximate surface area is 167 Å². The van der Waals surface area contributed by atoms with Crippen molar-refractivity contribution >= 4 is 17.5 Å². The Kier molecular flexibility index (Phi) is 4.99. The summed E-state index contributed by atoms with van der Waals surface area (Å²) in [6, 6.07) is 24.0. The molecule has 3 aromatic carbocycles. The van der Waals surface area contributed by atoms with E-state index < -0.39 is 11.7 Å². The van der Waals surface area contributed by atoms with E-state index in [9.17, 15) is 9.18 Å². The summed E-state index contributed by atoms with van der Waals surface area (Å²) in [6.07, 6.45) is 1.12. The molecule has 5 nitrogen and oxygen atoms in total. The summed E-state index contributed by atoms with van der Waals surface area (Å²) < 4.78 is 14.5. The molecule has 0 spiro atoms. The number of aromatic nitrogens is 2. The molecule has 0 saturated carbocycles. The van der Waals surface area contributed by atoms with Gasteiger partial charge in [-0.25, -0.2) is 14.4 Å². The molecule has 0 unspecified atom stereocenters. The van der Waals surface area contributed by atoms with Gasteiger partial charge < -0.3 is 11.1 Å². The number of nitrogens with one attached hydrogen (secondary N) is 1. The quantitative estimate of drug-likeness (QED) is 0.518. The maximum atomic E-state index is 14.5. The second-order valence-electron chi connectivity index (χ2n) is 6.41. The number of halogens is 1. The molecule has 0 fully saturated rings. The number of anilines is 2. The third kappa shape index (κ3) is 4.11. The number of amides is 1. The number of rotatable bonds is 5. The van der Waals surface area contributed by atoms with Crippen molar-refractivity contribution in [3.05, 3.63) is 96.4 Å². The summed E-state index contributed by atoms with van der Waals surface area (Å²) >= 11 is 0. The molecule has 0 aliphatic heterocycles. The summed E-state index contributed by atoms with van der Waals surface area (Å²) in [5.74, 6) is -0.841. The van der Waals surface area contributed by atoms with Crippen molar-refractivity contribution in [2.24, 2.45) is 5.73 Å². The normalized spacial score (nSPS) is 10.5. The fourth-order valence-corrected chi connectivity index (χ4v) is 2.99. The van der Waals surface area contributed by atoms with Gasteiger partial charge in [-0.05, 0) is 35.4 Å². The summed E-state index contributed by atoms with van der Waals surface area (Å²) in [5.41, 5.74) is 9.07. The number of carbonyl (C=O) groups is 1. The average Bonchev–Trinajstić information content (AvgIpc) is 2.76. The van der Waals surface area contributed by atoms with Crippen molar-refractivity contribution in [2.45, 2.75) is 0 Å². The van der Waals surface area contributed by atoms with Crippen LogP contribution in [0.4, 0.5) is 16.0 Å². The van der Waals surface area contributed by atoms with Gasteiger partial charge in [0.2, 0.25) is 11.9 Å². The van der Waals surface area contributed by atoms with E-state index >= 15 is 0 Å². The first-order valence-electron chi connectivity index (χ1n) is 8.95. The molecule has 6 heteroatoms. The minimum Gasteiger partial charge on any atom is -0.366 e. The van der Waals surface area contributed by atoms with Gasteiger partial charge in [0.15, 0.2) is 5.82 Å². The maximum absolute atomic E-state index is 14.5. The SMILES string of the molecule is NC(=O)c1cccc(Nc2ncc(F)c(-c3cccc(-c4ccccc4)c3)n2)c1. The molecule has 3 N–H and O–H groups in total. The summed E-state index contributed by atoms with van der Waals surface area (Å²) in [7, 11) is 0. The van der Waals surface area contributed by atoms with Gasteiger partial charge in [0.1, 0.15) is 5.69 Å². The van der Waals surface area contributed by atoms with Crippen LogP contribution >= 0.6 is 0 Å². The fourth-order valence-electron chi connectivity index (χ4n) is 2.99. The van der Waals surface area contributed by atoms with Crippen molar-refractivity contribution in [1.82, 2.24) is 9.97 Å². The Morgan fingerprint density at radius 2 is 1.59 bits per heavy atom. The molecule has 29 heavy (non-hydrogen) atoms.